The van der Waals surface area contributed by atoms with Crippen LogP contribution < -0.4 is 0 Å². The Labute approximate surface area is 143 Å². The monoisotopic (exact) mass is 345 g/mol. The Morgan fingerprint density at radius 1 is 1.12 bits per heavy atom. The van der Waals surface area contributed by atoms with Gasteiger partial charge in [-0.05, 0) is 48.8 Å². The maximum atomic E-state index is 11.4. The number of rotatable bonds is 6. The fraction of sp³-hybridized carbons (Fsp3) is 0.368. The molecule has 128 valence electrons. The van der Waals surface area contributed by atoms with Crippen molar-refractivity contribution in [1.29, 1.82) is 0 Å². The highest BCUT2D eigenvalue weighted by molar-refractivity contribution is 7.85. The quantitative estimate of drug-likeness (QED) is 0.750. The zero-order valence-corrected chi connectivity index (χ0v) is 14.5. The molecule has 0 heterocycles. The molecule has 2 aromatic carbocycles. The third-order valence-corrected chi connectivity index (χ3v) is 5.49. The molecular weight excluding hydrogens is 324 g/mol. The zero-order valence-electron chi connectivity index (χ0n) is 13.6. The van der Waals surface area contributed by atoms with E-state index >= 15 is 0 Å². The van der Waals surface area contributed by atoms with Crippen LogP contribution in [-0.2, 0) is 21.5 Å². The van der Waals surface area contributed by atoms with Crippen molar-refractivity contribution in [3.05, 3.63) is 65.2 Å². The predicted octanol–water partition coefficient (Wildman–Crippen LogP) is 3.61. The van der Waals surface area contributed by atoms with Crippen LogP contribution in [0.4, 0.5) is 0 Å². The summed E-state index contributed by atoms with van der Waals surface area (Å²) in [6.07, 6.45) is 1.72. The lowest BCUT2D eigenvalue weighted by Crippen LogP contribution is -2.27. The predicted molar refractivity (Wildman–Crippen MR) is 90.7 cm³/mol. The number of benzene rings is 2. The Morgan fingerprint density at radius 2 is 1.83 bits per heavy atom. The van der Waals surface area contributed by atoms with Crippen molar-refractivity contribution < 1.29 is 17.7 Å². The second-order valence-corrected chi connectivity index (χ2v) is 7.88. The largest absolute Gasteiger partial charge is 0.744 e. The van der Waals surface area contributed by atoms with Gasteiger partial charge in [0.05, 0.1) is 11.5 Å². The minimum absolute atomic E-state index is 0.0678. The highest BCUT2D eigenvalue weighted by atomic mass is 32.2. The van der Waals surface area contributed by atoms with Crippen molar-refractivity contribution in [3.8, 4) is 0 Å². The average molecular weight is 345 g/mol. The SMILES string of the molecule is Cc1ccc(S(=O)(=O)[O-])c(C2CC(COCc3ccccc3)C2)c1. The lowest BCUT2D eigenvalue weighted by molar-refractivity contribution is 0.0504. The third kappa shape index (κ3) is 4.04. The van der Waals surface area contributed by atoms with Crippen LogP contribution in [0.5, 0.6) is 0 Å². The highest BCUT2D eigenvalue weighted by Gasteiger charge is 2.32. The van der Waals surface area contributed by atoms with E-state index in [-0.39, 0.29) is 10.8 Å². The minimum Gasteiger partial charge on any atom is -0.744 e. The molecule has 4 nitrogen and oxygen atoms in total. The zero-order chi connectivity index (χ0) is 17.2. The summed E-state index contributed by atoms with van der Waals surface area (Å²) in [7, 11) is -4.42. The van der Waals surface area contributed by atoms with Crippen LogP contribution in [0.2, 0.25) is 0 Å². The van der Waals surface area contributed by atoms with Gasteiger partial charge in [-0.3, -0.25) is 0 Å². The van der Waals surface area contributed by atoms with Crippen molar-refractivity contribution in [2.75, 3.05) is 6.61 Å². The van der Waals surface area contributed by atoms with Gasteiger partial charge in [0, 0.05) is 6.61 Å². The lowest BCUT2D eigenvalue weighted by Gasteiger charge is -2.37. The van der Waals surface area contributed by atoms with E-state index in [1.807, 2.05) is 43.3 Å². The first-order valence-corrected chi connectivity index (χ1v) is 9.52. The van der Waals surface area contributed by atoms with Crippen molar-refractivity contribution in [3.63, 3.8) is 0 Å². The fourth-order valence-electron chi connectivity index (χ4n) is 3.26. The summed E-state index contributed by atoms with van der Waals surface area (Å²) in [5.74, 6) is 0.551. The van der Waals surface area contributed by atoms with E-state index in [4.69, 9.17) is 4.74 Å². The Balaban J connectivity index is 1.56. The van der Waals surface area contributed by atoms with Crippen LogP contribution in [0, 0.1) is 12.8 Å². The van der Waals surface area contributed by atoms with E-state index in [0.717, 1.165) is 24.0 Å². The van der Waals surface area contributed by atoms with Gasteiger partial charge in [-0.15, -0.1) is 0 Å². The topological polar surface area (TPSA) is 66.4 Å². The van der Waals surface area contributed by atoms with Gasteiger partial charge in [0.2, 0.25) is 0 Å². The molecule has 1 saturated carbocycles. The molecular formula is C19H21O4S-. The molecule has 0 N–H and O–H groups in total. The summed E-state index contributed by atoms with van der Waals surface area (Å²) in [6, 6.07) is 14.9. The van der Waals surface area contributed by atoms with Crippen molar-refractivity contribution >= 4 is 10.1 Å². The van der Waals surface area contributed by atoms with Crippen molar-refractivity contribution in [1.82, 2.24) is 0 Å². The van der Waals surface area contributed by atoms with Crippen molar-refractivity contribution in [2.45, 2.75) is 37.2 Å². The maximum Gasteiger partial charge on any atom is 0.124 e. The van der Waals surface area contributed by atoms with Crippen LogP contribution in [0.15, 0.2) is 53.4 Å². The fourth-order valence-corrected chi connectivity index (χ4v) is 4.01. The Morgan fingerprint density at radius 3 is 2.50 bits per heavy atom. The van der Waals surface area contributed by atoms with E-state index in [0.29, 0.717) is 24.7 Å². The van der Waals surface area contributed by atoms with E-state index in [1.54, 1.807) is 6.07 Å². The molecule has 0 amide bonds. The van der Waals surface area contributed by atoms with Gasteiger partial charge in [-0.1, -0.05) is 48.0 Å². The molecule has 3 rings (SSSR count). The van der Waals surface area contributed by atoms with Crippen LogP contribution >= 0.6 is 0 Å². The van der Waals surface area contributed by atoms with E-state index in [9.17, 15) is 13.0 Å². The van der Waals surface area contributed by atoms with Gasteiger partial charge < -0.3 is 9.29 Å². The van der Waals surface area contributed by atoms with Gasteiger partial charge in [-0.25, -0.2) is 8.42 Å². The number of hydrogen-bond donors (Lipinski definition) is 0. The summed E-state index contributed by atoms with van der Waals surface area (Å²) in [6.45, 7) is 3.16. The summed E-state index contributed by atoms with van der Waals surface area (Å²) in [5, 5.41) is 0. The Bertz CT molecular complexity index is 793. The second kappa shape index (κ2) is 7.05. The Hall–Kier alpha value is -1.69. The summed E-state index contributed by atoms with van der Waals surface area (Å²) in [5.41, 5.74) is 2.79. The number of hydrogen-bond acceptors (Lipinski definition) is 4. The summed E-state index contributed by atoms with van der Waals surface area (Å²) in [4.78, 5) is -0.0678. The van der Waals surface area contributed by atoms with E-state index in [1.165, 1.54) is 6.07 Å². The molecule has 24 heavy (non-hydrogen) atoms. The van der Waals surface area contributed by atoms with Gasteiger partial charge in [0.25, 0.3) is 0 Å². The molecule has 0 spiro atoms. The average Bonchev–Trinajstić information content (AvgIpc) is 2.49. The molecule has 0 unspecified atom stereocenters. The lowest BCUT2D eigenvalue weighted by atomic mass is 9.71. The normalized spacial score (nSPS) is 20.6. The van der Waals surface area contributed by atoms with Crippen LogP contribution in [0.25, 0.3) is 0 Å². The molecule has 2 aromatic rings. The Kier molecular flexibility index (Phi) is 5.04. The maximum absolute atomic E-state index is 11.4. The molecule has 1 aliphatic rings. The molecule has 0 atom stereocenters. The summed E-state index contributed by atoms with van der Waals surface area (Å²) >= 11 is 0. The minimum atomic E-state index is -4.42. The van der Waals surface area contributed by atoms with Gasteiger partial charge in [-0.2, -0.15) is 0 Å². The van der Waals surface area contributed by atoms with E-state index < -0.39 is 10.1 Å². The molecule has 1 aliphatic carbocycles. The smallest absolute Gasteiger partial charge is 0.124 e. The van der Waals surface area contributed by atoms with Gasteiger partial charge in [0.1, 0.15) is 10.1 Å². The summed E-state index contributed by atoms with van der Waals surface area (Å²) < 4.78 is 40.1. The van der Waals surface area contributed by atoms with Gasteiger partial charge in [0.15, 0.2) is 0 Å². The molecule has 1 fully saturated rings. The third-order valence-electron chi connectivity index (χ3n) is 4.58. The number of ether oxygens (including phenoxy) is 1. The molecule has 0 saturated heterocycles. The number of aryl methyl sites for hydroxylation is 1. The second-order valence-electron chi connectivity index (χ2n) is 6.53. The first-order chi connectivity index (χ1) is 11.4. The van der Waals surface area contributed by atoms with Crippen LogP contribution in [0.3, 0.4) is 0 Å². The van der Waals surface area contributed by atoms with Crippen LogP contribution in [0.1, 0.15) is 35.4 Å². The molecule has 5 heteroatoms. The standard InChI is InChI=1S/C19H22O4S/c1-14-7-8-19(24(20,21)22)18(9-14)17-10-16(11-17)13-23-12-15-5-3-2-4-6-15/h2-9,16-17H,10-13H2,1H3,(H,20,21,22)/p-1. The van der Waals surface area contributed by atoms with Gasteiger partial charge >= 0.3 is 0 Å². The van der Waals surface area contributed by atoms with Crippen LogP contribution in [-0.4, -0.2) is 19.6 Å². The van der Waals surface area contributed by atoms with Crippen molar-refractivity contribution in [2.24, 2.45) is 5.92 Å². The molecule has 0 radical (unpaired) electrons. The molecule has 0 bridgehead atoms. The van der Waals surface area contributed by atoms with E-state index in [2.05, 4.69) is 0 Å². The first-order valence-electron chi connectivity index (χ1n) is 8.11. The first kappa shape index (κ1) is 17.1. The molecule has 0 aromatic heterocycles. The molecule has 0 aliphatic heterocycles. The highest BCUT2D eigenvalue weighted by Crippen LogP contribution is 2.44.